The van der Waals surface area contributed by atoms with Crippen molar-refractivity contribution < 1.29 is 32.4 Å². The molecule has 0 aliphatic carbocycles. The molecule has 0 fully saturated rings. The van der Waals surface area contributed by atoms with Gasteiger partial charge in [0.2, 0.25) is 5.69 Å². The summed E-state index contributed by atoms with van der Waals surface area (Å²) in [5, 5.41) is 22.3. The third kappa shape index (κ3) is 2.80. The number of aromatic carboxylic acids is 1. The van der Waals surface area contributed by atoms with Gasteiger partial charge in [-0.15, -0.1) is 0 Å². The van der Waals surface area contributed by atoms with Crippen molar-refractivity contribution in [2.24, 2.45) is 0 Å². The van der Waals surface area contributed by atoms with Crippen molar-refractivity contribution >= 4 is 11.7 Å². The van der Waals surface area contributed by atoms with Gasteiger partial charge in [-0.2, -0.15) is 13.9 Å². The fourth-order valence-corrected chi connectivity index (χ4v) is 1.32. The quantitative estimate of drug-likeness (QED) is 0.504. The van der Waals surface area contributed by atoms with Crippen molar-refractivity contribution in [3.8, 4) is 0 Å². The molecule has 7 nitrogen and oxygen atoms in total. The van der Waals surface area contributed by atoms with Crippen molar-refractivity contribution in [3.05, 3.63) is 21.5 Å². The zero-order valence-corrected chi connectivity index (χ0v) is 9.31. The number of hydrogen-bond donors (Lipinski definition) is 1. The molecule has 0 bridgehead atoms. The number of aromatic nitrogens is 2. The summed E-state index contributed by atoms with van der Waals surface area (Å²) in [6, 6.07) is 0. The molecule has 0 atom stereocenters. The topological polar surface area (TPSA) is 98.3 Å². The largest absolute Gasteiger partial charge is 0.476 e. The van der Waals surface area contributed by atoms with Gasteiger partial charge in [0.15, 0.2) is 0 Å². The Kier molecular flexibility index (Phi) is 3.77. The highest BCUT2D eigenvalue weighted by molar-refractivity contribution is 5.90. The second kappa shape index (κ2) is 4.82. The Morgan fingerprint density at radius 1 is 1.58 bits per heavy atom. The van der Waals surface area contributed by atoms with Gasteiger partial charge >= 0.3 is 24.0 Å². The number of nitrogens with zero attached hydrogens (tertiary/aromatic N) is 3. The van der Waals surface area contributed by atoms with Crippen LogP contribution in [0, 0.1) is 17.0 Å². The van der Waals surface area contributed by atoms with Crippen LogP contribution in [-0.2, 0) is 6.54 Å². The molecule has 11 heteroatoms. The summed E-state index contributed by atoms with van der Waals surface area (Å²) in [5.41, 5.74) is -2.62. The van der Waals surface area contributed by atoms with Gasteiger partial charge in [-0.25, -0.2) is 13.6 Å². The van der Waals surface area contributed by atoms with E-state index in [0.29, 0.717) is 0 Å². The maximum Gasteiger partial charge on any atom is 0.363 e. The van der Waals surface area contributed by atoms with Crippen molar-refractivity contribution in [1.82, 2.24) is 9.78 Å². The van der Waals surface area contributed by atoms with Crippen LogP contribution in [-0.4, -0.2) is 38.1 Å². The fourth-order valence-electron chi connectivity index (χ4n) is 1.32. The van der Waals surface area contributed by atoms with Gasteiger partial charge in [0, 0.05) is 0 Å². The number of rotatable bonds is 5. The van der Waals surface area contributed by atoms with Crippen LogP contribution in [0.4, 0.5) is 23.2 Å². The Balaban J connectivity index is 3.28. The second-order valence-corrected chi connectivity index (χ2v) is 3.56. The van der Waals surface area contributed by atoms with Gasteiger partial charge < -0.3 is 5.11 Å². The fraction of sp³-hybridized carbons (Fsp3) is 0.500. The molecule has 0 aliphatic rings. The highest BCUT2D eigenvalue weighted by Crippen LogP contribution is 2.28. The minimum Gasteiger partial charge on any atom is -0.476 e. The van der Waals surface area contributed by atoms with Gasteiger partial charge in [0.05, 0.1) is 4.92 Å². The van der Waals surface area contributed by atoms with Gasteiger partial charge in [-0.05, 0) is 6.92 Å². The monoisotopic (exact) mass is 285 g/mol. The van der Waals surface area contributed by atoms with Crippen molar-refractivity contribution in [1.29, 1.82) is 0 Å². The standard InChI is InChI=1S/C8H7F4N3O4/c1-3-5(15(18)19)4(6(16)17)13-14(3)2-8(11,12)7(9)10/h7H,2H2,1H3,(H,16,17). The number of carboxylic acid groups (broad SMARTS) is 1. The first kappa shape index (κ1) is 14.9. The maximum atomic E-state index is 12.8. The van der Waals surface area contributed by atoms with Crippen LogP contribution in [0.25, 0.3) is 0 Å². The minimum absolute atomic E-state index is 0.188. The lowest BCUT2D eigenvalue weighted by Crippen LogP contribution is -2.33. The molecule has 1 aromatic heterocycles. The van der Waals surface area contributed by atoms with Crippen LogP contribution < -0.4 is 0 Å². The zero-order chi connectivity index (χ0) is 15.0. The van der Waals surface area contributed by atoms with Gasteiger partial charge in [-0.3, -0.25) is 14.8 Å². The molecule has 0 aliphatic heterocycles. The molecular weight excluding hydrogens is 278 g/mol. The van der Waals surface area contributed by atoms with Crippen molar-refractivity contribution in [2.45, 2.75) is 25.8 Å². The molecule has 19 heavy (non-hydrogen) atoms. The number of hydrogen-bond acceptors (Lipinski definition) is 4. The molecule has 1 rings (SSSR count). The molecule has 1 aromatic rings. The average Bonchev–Trinajstić information content (AvgIpc) is 2.55. The summed E-state index contributed by atoms with van der Waals surface area (Å²) >= 11 is 0. The molecule has 0 saturated heterocycles. The Morgan fingerprint density at radius 3 is 2.42 bits per heavy atom. The maximum absolute atomic E-state index is 12.8. The third-order valence-corrected chi connectivity index (χ3v) is 2.24. The highest BCUT2D eigenvalue weighted by atomic mass is 19.3. The van der Waals surface area contributed by atoms with E-state index in [-0.39, 0.29) is 4.68 Å². The molecule has 106 valence electrons. The molecule has 1 N–H and O–H groups in total. The van der Waals surface area contributed by atoms with E-state index in [2.05, 4.69) is 5.10 Å². The minimum atomic E-state index is -4.47. The smallest absolute Gasteiger partial charge is 0.363 e. The Hall–Kier alpha value is -2.20. The molecular formula is C8H7F4N3O4. The lowest BCUT2D eigenvalue weighted by molar-refractivity contribution is -0.385. The van der Waals surface area contributed by atoms with Crippen molar-refractivity contribution in [2.75, 3.05) is 0 Å². The first-order chi connectivity index (χ1) is 8.58. The Morgan fingerprint density at radius 2 is 2.11 bits per heavy atom. The lowest BCUT2D eigenvalue weighted by Gasteiger charge is -2.15. The van der Waals surface area contributed by atoms with Crippen LogP contribution >= 0.6 is 0 Å². The van der Waals surface area contributed by atoms with E-state index in [1.54, 1.807) is 0 Å². The number of nitro groups is 1. The number of halogens is 4. The summed E-state index contributed by atoms with van der Waals surface area (Å²) in [4.78, 5) is 20.2. The van der Waals surface area contributed by atoms with E-state index in [4.69, 9.17) is 5.11 Å². The van der Waals surface area contributed by atoms with Crippen LogP contribution in [0.5, 0.6) is 0 Å². The third-order valence-electron chi connectivity index (χ3n) is 2.24. The van der Waals surface area contributed by atoms with Crippen LogP contribution in [0.2, 0.25) is 0 Å². The Labute approximate surface area is 102 Å². The molecule has 1 heterocycles. The first-order valence-corrected chi connectivity index (χ1v) is 4.69. The predicted octanol–water partition coefficient (Wildman–Crippen LogP) is 1.70. The predicted molar refractivity (Wildman–Crippen MR) is 51.5 cm³/mol. The van der Waals surface area contributed by atoms with Gasteiger partial charge in [-0.1, -0.05) is 0 Å². The zero-order valence-electron chi connectivity index (χ0n) is 9.31. The molecule has 0 saturated carbocycles. The average molecular weight is 285 g/mol. The highest BCUT2D eigenvalue weighted by Gasteiger charge is 2.43. The van der Waals surface area contributed by atoms with Crippen LogP contribution in [0.1, 0.15) is 16.2 Å². The number of carbonyl (C=O) groups is 1. The molecule has 0 spiro atoms. The van der Waals surface area contributed by atoms with Gasteiger partial charge in [0.1, 0.15) is 12.2 Å². The normalized spacial score (nSPS) is 11.9. The molecule has 0 radical (unpaired) electrons. The molecule has 0 amide bonds. The molecule has 0 aromatic carbocycles. The first-order valence-electron chi connectivity index (χ1n) is 4.69. The van der Waals surface area contributed by atoms with E-state index in [0.717, 1.165) is 6.92 Å². The number of carboxylic acids is 1. The van der Waals surface area contributed by atoms with E-state index >= 15 is 0 Å². The number of alkyl halides is 4. The summed E-state index contributed by atoms with van der Waals surface area (Å²) < 4.78 is 49.9. The lowest BCUT2D eigenvalue weighted by atomic mass is 10.3. The molecule has 0 unspecified atom stereocenters. The summed E-state index contributed by atoms with van der Waals surface area (Å²) in [6.07, 6.45) is -4.00. The van der Waals surface area contributed by atoms with Crippen LogP contribution in [0.15, 0.2) is 0 Å². The summed E-state index contributed by atoms with van der Waals surface area (Å²) in [5.74, 6) is -6.28. The van der Waals surface area contributed by atoms with E-state index in [1.165, 1.54) is 0 Å². The van der Waals surface area contributed by atoms with E-state index < -0.39 is 46.9 Å². The SMILES string of the molecule is Cc1c([N+](=O)[O-])c(C(=O)O)nn1CC(F)(F)C(F)F. The summed E-state index contributed by atoms with van der Waals surface area (Å²) in [7, 11) is 0. The Bertz CT molecular complexity index is 528. The van der Waals surface area contributed by atoms with Crippen molar-refractivity contribution in [3.63, 3.8) is 0 Å². The van der Waals surface area contributed by atoms with E-state index in [1.807, 2.05) is 0 Å². The van der Waals surface area contributed by atoms with E-state index in [9.17, 15) is 32.5 Å². The second-order valence-electron chi connectivity index (χ2n) is 3.56. The van der Waals surface area contributed by atoms with Crippen LogP contribution in [0.3, 0.4) is 0 Å². The summed E-state index contributed by atoms with van der Waals surface area (Å²) in [6.45, 7) is -0.705. The van der Waals surface area contributed by atoms with Gasteiger partial charge in [0.25, 0.3) is 0 Å².